The summed E-state index contributed by atoms with van der Waals surface area (Å²) in [7, 11) is 0. The minimum absolute atomic E-state index is 0.110. The van der Waals surface area contributed by atoms with Crippen molar-refractivity contribution in [3.05, 3.63) is 12.2 Å². The van der Waals surface area contributed by atoms with Crippen LogP contribution in [-0.4, -0.2) is 35.7 Å². The molecule has 130 valence electrons. The summed E-state index contributed by atoms with van der Waals surface area (Å²) in [4.78, 5) is 38.0. The maximum Gasteiger partial charge on any atom is 0.240 e. The van der Waals surface area contributed by atoms with Gasteiger partial charge >= 0.3 is 0 Å². The summed E-state index contributed by atoms with van der Waals surface area (Å²) in [5.41, 5.74) is 0. The van der Waals surface area contributed by atoms with Crippen LogP contribution in [0.1, 0.15) is 44.9 Å². The van der Waals surface area contributed by atoms with E-state index in [0.717, 1.165) is 24.2 Å². The summed E-state index contributed by atoms with van der Waals surface area (Å²) < 4.78 is 0. The van der Waals surface area contributed by atoms with Crippen molar-refractivity contribution in [3.8, 4) is 0 Å². The summed E-state index contributed by atoms with van der Waals surface area (Å²) >= 11 is 0. The molecule has 0 unspecified atom stereocenters. The van der Waals surface area contributed by atoms with Crippen LogP contribution >= 0.6 is 0 Å². The van der Waals surface area contributed by atoms with Gasteiger partial charge in [0.25, 0.3) is 0 Å². The molecule has 4 rings (SSSR count). The summed E-state index contributed by atoms with van der Waals surface area (Å²) in [5, 5.41) is 2.92. The smallest absolute Gasteiger partial charge is 0.240 e. The van der Waals surface area contributed by atoms with Gasteiger partial charge in [-0.05, 0) is 56.3 Å². The third kappa shape index (κ3) is 2.78. The molecule has 3 aliphatic carbocycles. The molecule has 0 radical (unpaired) electrons. The molecule has 3 amide bonds. The Labute approximate surface area is 142 Å². The molecule has 5 atom stereocenters. The molecule has 5 nitrogen and oxygen atoms in total. The first-order valence-corrected chi connectivity index (χ1v) is 9.40. The SMILES string of the molecule is O=C(CN1C(=O)[C@H]2CC=CC[C@H]2C1=O)NCC[C@@H]1C[C@H]2CC[C@H]1C2. The molecule has 0 aromatic carbocycles. The molecule has 1 aliphatic heterocycles. The van der Waals surface area contributed by atoms with Crippen LogP contribution in [0.5, 0.6) is 0 Å². The largest absolute Gasteiger partial charge is 0.355 e. The minimum Gasteiger partial charge on any atom is -0.355 e. The number of hydrogen-bond donors (Lipinski definition) is 1. The number of nitrogens with one attached hydrogen (secondary N) is 1. The molecule has 24 heavy (non-hydrogen) atoms. The fourth-order valence-electron chi connectivity index (χ4n) is 5.35. The van der Waals surface area contributed by atoms with Crippen molar-refractivity contribution in [2.45, 2.75) is 44.9 Å². The number of likely N-dealkylation sites (tertiary alicyclic amines) is 1. The molecule has 0 aromatic heterocycles. The van der Waals surface area contributed by atoms with Gasteiger partial charge in [-0.2, -0.15) is 0 Å². The van der Waals surface area contributed by atoms with E-state index in [1.807, 2.05) is 12.2 Å². The van der Waals surface area contributed by atoms with Crippen LogP contribution in [0.15, 0.2) is 12.2 Å². The molecule has 3 fully saturated rings. The third-order valence-corrected chi connectivity index (χ3v) is 6.62. The van der Waals surface area contributed by atoms with Gasteiger partial charge in [-0.15, -0.1) is 0 Å². The second-order valence-corrected chi connectivity index (χ2v) is 7.99. The lowest BCUT2D eigenvalue weighted by Gasteiger charge is -2.21. The van der Waals surface area contributed by atoms with Crippen molar-refractivity contribution in [3.63, 3.8) is 0 Å². The van der Waals surface area contributed by atoms with Crippen LogP contribution in [-0.2, 0) is 14.4 Å². The van der Waals surface area contributed by atoms with Gasteiger partial charge in [-0.1, -0.05) is 18.6 Å². The first kappa shape index (κ1) is 15.9. The van der Waals surface area contributed by atoms with E-state index in [9.17, 15) is 14.4 Å². The fourth-order valence-corrected chi connectivity index (χ4v) is 5.35. The highest BCUT2D eigenvalue weighted by Gasteiger charge is 2.47. The second kappa shape index (κ2) is 6.34. The van der Waals surface area contributed by atoms with E-state index in [-0.39, 0.29) is 36.1 Å². The molecule has 1 saturated heterocycles. The Balaban J connectivity index is 1.24. The van der Waals surface area contributed by atoms with E-state index < -0.39 is 0 Å². The lowest BCUT2D eigenvalue weighted by molar-refractivity contribution is -0.143. The van der Waals surface area contributed by atoms with Gasteiger partial charge < -0.3 is 5.32 Å². The summed E-state index contributed by atoms with van der Waals surface area (Å²) in [6.07, 6.45) is 11.7. The van der Waals surface area contributed by atoms with Gasteiger partial charge in [-0.3, -0.25) is 19.3 Å². The van der Waals surface area contributed by atoms with E-state index in [2.05, 4.69) is 5.32 Å². The molecular formula is C19H26N2O3. The second-order valence-electron chi connectivity index (χ2n) is 7.99. The Bertz CT molecular complexity index is 559. The van der Waals surface area contributed by atoms with Crippen molar-refractivity contribution in [1.82, 2.24) is 10.2 Å². The number of carbonyl (C=O) groups excluding carboxylic acids is 3. The van der Waals surface area contributed by atoms with E-state index in [1.54, 1.807) is 0 Å². The van der Waals surface area contributed by atoms with Crippen LogP contribution in [0.2, 0.25) is 0 Å². The maximum absolute atomic E-state index is 12.3. The molecule has 1 heterocycles. The average Bonchev–Trinajstić information content (AvgIpc) is 3.26. The monoisotopic (exact) mass is 330 g/mol. The maximum atomic E-state index is 12.3. The highest BCUT2D eigenvalue weighted by atomic mass is 16.2. The fraction of sp³-hybridized carbons (Fsp3) is 0.737. The standard InChI is InChI=1S/C19H26N2O3/c22-17(20-8-7-14-10-12-5-6-13(14)9-12)11-21-18(23)15-3-1-2-4-16(15)19(21)24/h1-2,12-16H,3-11H2,(H,20,22)/t12-,13-,14+,15-,16+/m0/s1. The topological polar surface area (TPSA) is 66.5 Å². The van der Waals surface area contributed by atoms with Crippen molar-refractivity contribution in [2.75, 3.05) is 13.1 Å². The predicted octanol–water partition coefficient (Wildman–Crippen LogP) is 1.88. The predicted molar refractivity (Wildman–Crippen MR) is 88.6 cm³/mol. The number of carbonyl (C=O) groups is 3. The van der Waals surface area contributed by atoms with E-state index >= 15 is 0 Å². The lowest BCUT2D eigenvalue weighted by atomic mass is 9.85. The number of rotatable bonds is 5. The summed E-state index contributed by atoms with van der Waals surface area (Å²) in [5.74, 6) is 1.51. The molecule has 2 saturated carbocycles. The van der Waals surface area contributed by atoms with Crippen LogP contribution < -0.4 is 5.32 Å². The molecule has 0 spiro atoms. The van der Waals surface area contributed by atoms with Crippen LogP contribution in [0.25, 0.3) is 0 Å². The Hall–Kier alpha value is -1.65. The Kier molecular flexibility index (Phi) is 4.19. The van der Waals surface area contributed by atoms with Gasteiger partial charge in [0, 0.05) is 6.54 Å². The van der Waals surface area contributed by atoms with E-state index in [4.69, 9.17) is 0 Å². The molecule has 5 heteroatoms. The quantitative estimate of drug-likeness (QED) is 0.618. The first-order chi connectivity index (χ1) is 11.6. The van der Waals surface area contributed by atoms with Crippen molar-refractivity contribution in [2.24, 2.45) is 29.6 Å². The number of nitrogens with zero attached hydrogens (tertiary/aromatic N) is 1. The highest BCUT2D eigenvalue weighted by Crippen LogP contribution is 2.49. The molecule has 0 aromatic rings. The summed E-state index contributed by atoms with van der Waals surface area (Å²) in [6.45, 7) is 0.554. The van der Waals surface area contributed by atoms with Gasteiger partial charge in [-0.25, -0.2) is 0 Å². The van der Waals surface area contributed by atoms with Crippen LogP contribution in [0, 0.1) is 29.6 Å². The highest BCUT2D eigenvalue weighted by molar-refractivity contribution is 6.07. The average molecular weight is 330 g/mol. The van der Waals surface area contributed by atoms with Gasteiger partial charge in [0.15, 0.2) is 0 Å². The number of allylic oxidation sites excluding steroid dienone is 2. The number of amides is 3. The Morgan fingerprint density at radius 1 is 1.08 bits per heavy atom. The van der Waals surface area contributed by atoms with Gasteiger partial charge in [0.2, 0.25) is 17.7 Å². The zero-order valence-electron chi connectivity index (χ0n) is 14.1. The van der Waals surface area contributed by atoms with Gasteiger partial charge in [0.1, 0.15) is 6.54 Å². The first-order valence-electron chi connectivity index (χ1n) is 9.40. The summed E-state index contributed by atoms with van der Waals surface area (Å²) in [6, 6.07) is 0. The number of fused-ring (bicyclic) bond motifs is 3. The van der Waals surface area contributed by atoms with Crippen molar-refractivity contribution in [1.29, 1.82) is 0 Å². The van der Waals surface area contributed by atoms with Gasteiger partial charge in [0.05, 0.1) is 11.8 Å². The van der Waals surface area contributed by atoms with E-state index in [0.29, 0.717) is 19.4 Å². The molecule has 4 aliphatic rings. The van der Waals surface area contributed by atoms with E-state index in [1.165, 1.54) is 30.6 Å². The Morgan fingerprint density at radius 3 is 2.38 bits per heavy atom. The zero-order chi connectivity index (χ0) is 16.7. The lowest BCUT2D eigenvalue weighted by Crippen LogP contribution is -2.41. The Morgan fingerprint density at radius 2 is 1.79 bits per heavy atom. The van der Waals surface area contributed by atoms with Crippen LogP contribution in [0.3, 0.4) is 0 Å². The number of imide groups is 1. The molecular weight excluding hydrogens is 304 g/mol. The molecule has 2 bridgehead atoms. The molecule has 1 N–H and O–H groups in total. The third-order valence-electron chi connectivity index (χ3n) is 6.62. The number of hydrogen-bond acceptors (Lipinski definition) is 3. The van der Waals surface area contributed by atoms with Crippen molar-refractivity contribution < 1.29 is 14.4 Å². The normalized spacial score (nSPS) is 37.2. The van der Waals surface area contributed by atoms with Crippen LogP contribution in [0.4, 0.5) is 0 Å². The van der Waals surface area contributed by atoms with Crippen molar-refractivity contribution >= 4 is 17.7 Å². The minimum atomic E-state index is -0.246. The zero-order valence-corrected chi connectivity index (χ0v) is 14.1.